The van der Waals surface area contributed by atoms with Crippen molar-refractivity contribution in [3.8, 4) is 11.8 Å². The van der Waals surface area contributed by atoms with E-state index in [1.54, 1.807) is 4.90 Å². The molecule has 1 saturated heterocycles. The molecule has 0 amide bonds. The Bertz CT molecular complexity index is 690. The topological polar surface area (TPSA) is 84.8 Å². The Morgan fingerprint density at radius 2 is 2.04 bits per heavy atom. The Hall–Kier alpha value is -2.56. The van der Waals surface area contributed by atoms with Crippen LogP contribution in [0.1, 0.15) is 18.0 Å². The number of benzene rings is 1. The highest BCUT2D eigenvalue weighted by molar-refractivity contribution is 5.45. The molecule has 0 atom stereocenters. The van der Waals surface area contributed by atoms with Gasteiger partial charge in [0.05, 0.1) is 19.8 Å². The first-order valence-corrected chi connectivity index (χ1v) is 8.58. The van der Waals surface area contributed by atoms with Crippen LogP contribution in [0.15, 0.2) is 34.7 Å². The summed E-state index contributed by atoms with van der Waals surface area (Å²) in [6.07, 6.45) is 0.997. The molecule has 25 heavy (non-hydrogen) atoms. The van der Waals surface area contributed by atoms with Crippen molar-refractivity contribution in [3.63, 3.8) is 0 Å². The van der Waals surface area contributed by atoms with Crippen LogP contribution in [0.25, 0.3) is 0 Å². The molecule has 1 aromatic carbocycles. The van der Waals surface area contributed by atoms with Gasteiger partial charge in [0.25, 0.3) is 0 Å². The van der Waals surface area contributed by atoms with Crippen molar-refractivity contribution in [2.45, 2.75) is 13.0 Å². The van der Waals surface area contributed by atoms with Crippen LogP contribution in [0.3, 0.4) is 0 Å². The van der Waals surface area contributed by atoms with Gasteiger partial charge in [0.2, 0.25) is 17.5 Å². The van der Waals surface area contributed by atoms with Crippen molar-refractivity contribution in [2.75, 3.05) is 44.7 Å². The van der Waals surface area contributed by atoms with Crippen molar-refractivity contribution in [1.82, 2.24) is 4.98 Å². The maximum atomic E-state index is 9.21. The predicted molar refractivity (Wildman–Crippen MR) is 91.5 cm³/mol. The van der Waals surface area contributed by atoms with Gasteiger partial charge in [-0.2, -0.15) is 10.2 Å². The van der Waals surface area contributed by atoms with Gasteiger partial charge in [-0.15, -0.1) is 0 Å². The second-order valence-corrected chi connectivity index (χ2v) is 5.89. The van der Waals surface area contributed by atoms with Gasteiger partial charge < -0.3 is 24.1 Å². The number of morpholine rings is 1. The van der Waals surface area contributed by atoms with E-state index < -0.39 is 0 Å². The number of para-hydroxylation sites is 1. The summed E-state index contributed by atoms with van der Waals surface area (Å²) in [5.74, 6) is 1.55. The molecule has 1 fully saturated rings. The molecule has 0 radical (unpaired) electrons. The molecule has 0 spiro atoms. The molecule has 0 saturated carbocycles. The van der Waals surface area contributed by atoms with E-state index in [2.05, 4.69) is 16.4 Å². The van der Waals surface area contributed by atoms with Crippen molar-refractivity contribution in [2.24, 2.45) is 0 Å². The van der Waals surface area contributed by atoms with Crippen molar-refractivity contribution in [3.05, 3.63) is 41.9 Å². The van der Waals surface area contributed by atoms with Gasteiger partial charge in [-0.25, -0.2) is 0 Å². The molecule has 3 rings (SSSR count). The van der Waals surface area contributed by atoms with Crippen LogP contribution < -0.4 is 15.0 Å². The highest BCUT2D eigenvalue weighted by Gasteiger charge is 2.15. The van der Waals surface area contributed by atoms with Crippen LogP contribution in [0.4, 0.5) is 5.88 Å². The van der Waals surface area contributed by atoms with Gasteiger partial charge in [0.15, 0.2) is 6.61 Å². The summed E-state index contributed by atoms with van der Waals surface area (Å²) in [5.41, 5.74) is 0.269. The molecule has 132 valence electrons. The third-order valence-corrected chi connectivity index (χ3v) is 4.08. The summed E-state index contributed by atoms with van der Waals surface area (Å²) in [6.45, 7) is 5.82. The third-order valence-electron chi connectivity index (χ3n) is 4.08. The van der Waals surface area contributed by atoms with E-state index in [1.807, 2.05) is 30.3 Å². The standard InChI is InChI=1S/C18H22N4O3/c19-13-16-18(20-7-4-8-22-9-11-23-12-10-22)25-17(21-16)14-24-15-5-2-1-3-6-15/h1-3,5-6,20H,4,7-12,14H2/p+1. The molecule has 2 N–H and O–H groups in total. The highest BCUT2D eigenvalue weighted by atomic mass is 16.5. The lowest BCUT2D eigenvalue weighted by Gasteiger charge is -2.23. The molecule has 1 aliphatic rings. The quantitative estimate of drug-likeness (QED) is 0.691. The van der Waals surface area contributed by atoms with Gasteiger partial charge in [0, 0.05) is 13.0 Å². The lowest BCUT2D eigenvalue weighted by atomic mass is 10.3. The van der Waals surface area contributed by atoms with Gasteiger partial charge >= 0.3 is 0 Å². The summed E-state index contributed by atoms with van der Waals surface area (Å²) in [4.78, 5) is 5.73. The summed E-state index contributed by atoms with van der Waals surface area (Å²) < 4.78 is 16.6. The normalized spacial score (nSPS) is 14.8. The smallest absolute Gasteiger partial charge is 0.236 e. The zero-order valence-electron chi connectivity index (χ0n) is 14.2. The number of aromatic nitrogens is 1. The number of ether oxygens (including phenoxy) is 2. The summed E-state index contributed by atoms with van der Waals surface area (Å²) in [5, 5.41) is 12.4. The zero-order valence-corrected chi connectivity index (χ0v) is 14.2. The van der Waals surface area contributed by atoms with Crippen molar-refractivity contribution < 1.29 is 18.8 Å². The Labute approximate surface area is 147 Å². The van der Waals surface area contributed by atoms with Crippen LogP contribution >= 0.6 is 0 Å². The fourth-order valence-corrected chi connectivity index (χ4v) is 2.73. The van der Waals surface area contributed by atoms with Gasteiger partial charge in [-0.05, 0) is 12.1 Å². The minimum Gasteiger partial charge on any atom is -0.484 e. The Balaban J connectivity index is 1.46. The highest BCUT2D eigenvalue weighted by Crippen LogP contribution is 2.18. The van der Waals surface area contributed by atoms with E-state index in [4.69, 9.17) is 13.9 Å². The average molecular weight is 343 g/mol. The number of quaternary nitrogens is 1. The van der Waals surface area contributed by atoms with E-state index in [1.165, 1.54) is 0 Å². The first kappa shape index (κ1) is 17.3. The average Bonchev–Trinajstić information content (AvgIpc) is 3.07. The Morgan fingerprint density at radius 3 is 2.80 bits per heavy atom. The van der Waals surface area contributed by atoms with Crippen LogP contribution in [0.5, 0.6) is 5.75 Å². The molecule has 0 aliphatic carbocycles. The maximum Gasteiger partial charge on any atom is 0.236 e. The van der Waals surface area contributed by atoms with Crippen LogP contribution in [0.2, 0.25) is 0 Å². The molecule has 1 aliphatic heterocycles. The van der Waals surface area contributed by atoms with E-state index in [0.717, 1.165) is 51.6 Å². The summed E-state index contributed by atoms with van der Waals surface area (Å²) in [7, 11) is 0. The second-order valence-electron chi connectivity index (χ2n) is 5.89. The fourth-order valence-electron chi connectivity index (χ4n) is 2.73. The van der Waals surface area contributed by atoms with E-state index in [-0.39, 0.29) is 12.3 Å². The minimum absolute atomic E-state index is 0.193. The van der Waals surface area contributed by atoms with E-state index >= 15 is 0 Å². The molecule has 0 bridgehead atoms. The maximum absolute atomic E-state index is 9.21. The number of nitrogens with zero attached hydrogens (tertiary/aromatic N) is 2. The number of nitriles is 1. The molecule has 2 aromatic rings. The number of hydrogen-bond donors (Lipinski definition) is 2. The van der Waals surface area contributed by atoms with E-state index in [0.29, 0.717) is 11.8 Å². The Kier molecular flexibility index (Phi) is 6.26. The molecule has 0 unspecified atom stereocenters. The molecular formula is C18H23N4O3+. The summed E-state index contributed by atoms with van der Waals surface area (Å²) >= 11 is 0. The molecule has 7 nitrogen and oxygen atoms in total. The second kappa shape index (κ2) is 9.06. The monoisotopic (exact) mass is 343 g/mol. The number of rotatable bonds is 8. The zero-order chi connectivity index (χ0) is 17.3. The largest absolute Gasteiger partial charge is 0.484 e. The van der Waals surface area contributed by atoms with Gasteiger partial charge in [-0.1, -0.05) is 18.2 Å². The van der Waals surface area contributed by atoms with Crippen LogP contribution in [-0.4, -0.2) is 44.4 Å². The molecule has 1 aromatic heterocycles. The number of hydrogen-bond acceptors (Lipinski definition) is 6. The lowest BCUT2D eigenvalue weighted by Crippen LogP contribution is -3.14. The molecular weight excluding hydrogens is 320 g/mol. The van der Waals surface area contributed by atoms with Gasteiger partial charge in [0.1, 0.15) is 24.9 Å². The Morgan fingerprint density at radius 1 is 1.24 bits per heavy atom. The molecule has 2 heterocycles. The molecule has 7 heteroatoms. The van der Waals surface area contributed by atoms with Crippen molar-refractivity contribution >= 4 is 5.88 Å². The van der Waals surface area contributed by atoms with Crippen molar-refractivity contribution in [1.29, 1.82) is 5.26 Å². The first-order chi connectivity index (χ1) is 12.3. The number of anilines is 1. The third kappa shape index (κ3) is 5.21. The van der Waals surface area contributed by atoms with Gasteiger partial charge in [-0.3, -0.25) is 0 Å². The number of oxazole rings is 1. The predicted octanol–water partition coefficient (Wildman–Crippen LogP) is 0.842. The lowest BCUT2D eigenvalue weighted by molar-refractivity contribution is -0.908. The number of nitrogens with one attached hydrogen (secondary N) is 2. The van der Waals surface area contributed by atoms with Crippen LogP contribution in [0, 0.1) is 11.3 Å². The summed E-state index contributed by atoms with van der Waals surface area (Å²) in [6, 6.07) is 11.5. The SMILES string of the molecule is N#Cc1nc(COc2ccccc2)oc1NCCC[NH+]1CCOCC1. The van der Waals surface area contributed by atoms with E-state index in [9.17, 15) is 5.26 Å². The van der Waals surface area contributed by atoms with Crippen LogP contribution in [-0.2, 0) is 11.3 Å². The fraction of sp³-hybridized carbons (Fsp3) is 0.444. The first-order valence-electron chi connectivity index (χ1n) is 8.58. The minimum atomic E-state index is 0.193.